The molecule has 0 N–H and O–H groups in total. The molecule has 1 saturated carbocycles. The van der Waals surface area contributed by atoms with Crippen molar-refractivity contribution in [2.45, 2.75) is 6.10 Å². The lowest BCUT2D eigenvalue weighted by Crippen LogP contribution is -2.34. The molecule has 26 heavy (non-hydrogen) atoms. The molecule has 0 spiro atoms. The van der Waals surface area contributed by atoms with E-state index in [-0.39, 0.29) is 12.0 Å². The molecule has 6 atom stereocenters. The van der Waals surface area contributed by atoms with Crippen molar-refractivity contribution in [3.05, 3.63) is 29.8 Å². The number of nitrogens with zero attached hydrogens (tertiary/aromatic N) is 2. The highest BCUT2D eigenvalue weighted by Crippen LogP contribution is 2.52. The first kappa shape index (κ1) is 16.1. The fourth-order valence-corrected chi connectivity index (χ4v) is 4.80. The highest BCUT2D eigenvalue weighted by molar-refractivity contribution is 5.83. The van der Waals surface area contributed by atoms with E-state index in [0.717, 1.165) is 25.5 Å². The predicted octanol–water partition coefficient (Wildman–Crippen LogP) is 1.30. The van der Waals surface area contributed by atoms with Gasteiger partial charge < -0.3 is 19.1 Å². The van der Waals surface area contributed by atoms with E-state index in [1.807, 2.05) is 17.0 Å². The monoisotopic (exact) mass is 354 g/mol. The van der Waals surface area contributed by atoms with Crippen LogP contribution in [0.3, 0.4) is 0 Å². The molecule has 136 valence electrons. The van der Waals surface area contributed by atoms with Crippen LogP contribution in [-0.2, 0) is 14.3 Å². The number of fused-ring (bicyclic) bond motifs is 2. The summed E-state index contributed by atoms with van der Waals surface area (Å²) in [4.78, 5) is 14.8. The molecule has 4 aliphatic rings. The minimum atomic E-state index is 0.142. The summed E-state index contributed by atoms with van der Waals surface area (Å²) >= 11 is 0. The zero-order valence-electron chi connectivity index (χ0n) is 14.5. The Hall–Kier alpha value is -2.10. The van der Waals surface area contributed by atoms with Gasteiger partial charge in [-0.15, -0.1) is 0 Å². The number of rotatable bonds is 4. The van der Waals surface area contributed by atoms with Gasteiger partial charge in [0.2, 0.25) is 5.91 Å². The molecule has 5 rings (SSSR count). The third kappa shape index (κ3) is 2.67. The molecule has 3 aliphatic heterocycles. The third-order valence-electron chi connectivity index (χ3n) is 6.44. The summed E-state index contributed by atoms with van der Waals surface area (Å²) in [6.07, 6.45) is 0.142. The maximum absolute atomic E-state index is 12.8. The molecule has 0 radical (unpaired) electrons. The quantitative estimate of drug-likeness (QED) is 0.815. The molecule has 1 amide bonds. The van der Waals surface area contributed by atoms with Crippen LogP contribution in [0.15, 0.2) is 24.3 Å². The van der Waals surface area contributed by atoms with Gasteiger partial charge in [-0.05, 0) is 36.1 Å². The van der Waals surface area contributed by atoms with Crippen molar-refractivity contribution < 1.29 is 19.0 Å². The number of hydrogen-bond donors (Lipinski definition) is 0. The summed E-state index contributed by atoms with van der Waals surface area (Å²) < 4.78 is 17.3. The summed E-state index contributed by atoms with van der Waals surface area (Å²) in [5, 5.41) is 8.85. The van der Waals surface area contributed by atoms with E-state index in [4.69, 9.17) is 19.5 Å². The molecule has 3 saturated heterocycles. The van der Waals surface area contributed by atoms with Gasteiger partial charge in [-0.25, -0.2) is 0 Å². The summed E-state index contributed by atoms with van der Waals surface area (Å²) in [6, 6.07) is 9.27. The number of ether oxygens (including phenoxy) is 3. The van der Waals surface area contributed by atoms with Crippen LogP contribution in [0, 0.1) is 40.9 Å². The van der Waals surface area contributed by atoms with Crippen LogP contribution in [0.5, 0.6) is 5.75 Å². The van der Waals surface area contributed by atoms with Gasteiger partial charge in [0.15, 0.2) is 0 Å². The van der Waals surface area contributed by atoms with Crippen LogP contribution in [0.2, 0.25) is 0 Å². The van der Waals surface area contributed by atoms with Gasteiger partial charge in [-0.3, -0.25) is 4.79 Å². The first-order valence-corrected chi connectivity index (χ1v) is 9.35. The van der Waals surface area contributed by atoms with Crippen LogP contribution in [-0.4, -0.2) is 56.4 Å². The lowest BCUT2D eigenvalue weighted by atomic mass is 9.94. The van der Waals surface area contributed by atoms with Crippen LogP contribution >= 0.6 is 0 Å². The Morgan fingerprint density at radius 3 is 2.65 bits per heavy atom. The number of hydrogen-bond acceptors (Lipinski definition) is 5. The smallest absolute Gasteiger partial charge is 0.226 e. The zero-order valence-corrected chi connectivity index (χ0v) is 14.5. The fraction of sp³-hybridized carbons (Fsp3) is 0.600. The SMILES string of the molecule is N#Cc1ccc(OC[C@@H]2CO[C@@H]3CN(C(=O)C4[C@H]5COC[C@@H]45)C[C@H]23)cc1. The van der Waals surface area contributed by atoms with Gasteiger partial charge in [0.1, 0.15) is 5.75 Å². The maximum Gasteiger partial charge on any atom is 0.226 e. The first-order valence-electron chi connectivity index (χ1n) is 9.35. The van der Waals surface area contributed by atoms with Gasteiger partial charge >= 0.3 is 0 Å². The van der Waals surface area contributed by atoms with E-state index in [2.05, 4.69) is 6.07 Å². The normalized spacial score (nSPS) is 37.1. The Labute approximate surface area is 152 Å². The topological polar surface area (TPSA) is 71.8 Å². The molecule has 3 heterocycles. The Balaban J connectivity index is 1.16. The van der Waals surface area contributed by atoms with Gasteiger partial charge in [-0.1, -0.05) is 0 Å². The third-order valence-corrected chi connectivity index (χ3v) is 6.44. The van der Waals surface area contributed by atoms with Gasteiger partial charge in [-0.2, -0.15) is 5.26 Å². The molecule has 6 nitrogen and oxygen atoms in total. The minimum absolute atomic E-state index is 0.142. The predicted molar refractivity (Wildman–Crippen MR) is 91.2 cm³/mol. The summed E-state index contributed by atoms with van der Waals surface area (Å²) in [5.41, 5.74) is 0.627. The second kappa shape index (κ2) is 6.26. The molecule has 6 heteroatoms. The fourth-order valence-electron chi connectivity index (χ4n) is 4.80. The molecule has 4 fully saturated rings. The highest BCUT2D eigenvalue weighted by Gasteiger charge is 2.60. The largest absolute Gasteiger partial charge is 0.493 e. The van der Waals surface area contributed by atoms with E-state index in [0.29, 0.717) is 54.9 Å². The van der Waals surface area contributed by atoms with Crippen LogP contribution in [0.4, 0.5) is 0 Å². The van der Waals surface area contributed by atoms with Crippen molar-refractivity contribution in [2.24, 2.45) is 29.6 Å². The van der Waals surface area contributed by atoms with E-state index >= 15 is 0 Å². The Kier molecular flexibility index (Phi) is 3.87. The summed E-state index contributed by atoms with van der Waals surface area (Å²) in [6.45, 7) is 4.27. The van der Waals surface area contributed by atoms with Gasteiger partial charge in [0.25, 0.3) is 0 Å². The minimum Gasteiger partial charge on any atom is -0.493 e. The van der Waals surface area contributed by atoms with Crippen molar-refractivity contribution in [3.63, 3.8) is 0 Å². The number of benzene rings is 1. The van der Waals surface area contributed by atoms with Crippen LogP contribution in [0.1, 0.15) is 5.56 Å². The lowest BCUT2D eigenvalue weighted by Gasteiger charge is -2.21. The second-order valence-corrected chi connectivity index (χ2v) is 7.88. The van der Waals surface area contributed by atoms with Crippen molar-refractivity contribution in [1.82, 2.24) is 4.90 Å². The van der Waals surface area contributed by atoms with Gasteiger partial charge in [0, 0.05) is 30.8 Å². The van der Waals surface area contributed by atoms with Crippen LogP contribution in [0.25, 0.3) is 0 Å². The number of likely N-dealkylation sites (tertiary alicyclic amines) is 1. The maximum atomic E-state index is 12.8. The van der Waals surface area contributed by atoms with Gasteiger partial charge in [0.05, 0.1) is 44.2 Å². The van der Waals surface area contributed by atoms with Crippen LogP contribution < -0.4 is 4.74 Å². The van der Waals surface area contributed by atoms with E-state index < -0.39 is 0 Å². The number of nitriles is 1. The van der Waals surface area contributed by atoms with E-state index in [1.165, 1.54) is 0 Å². The zero-order chi connectivity index (χ0) is 17.7. The lowest BCUT2D eigenvalue weighted by molar-refractivity contribution is -0.133. The van der Waals surface area contributed by atoms with Crippen molar-refractivity contribution in [3.8, 4) is 11.8 Å². The molecule has 1 unspecified atom stereocenters. The summed E-state index contributed by atoms with van der Waals surface area (Å²) in [7, 11) is 0. The number of carbonyl (C=O) groups is 1. The standard InChI is InChI=1S/C20H22N2O4/c21-5-12-1-3-14(4-2-12)25-8-13-9-26-18-7-22(6-15(13)18)20(23)19-16-10-24-11-17(16)19/h1-4,13,15-19H,6-11H2/t13-,15-,16-,17+,18-,19?/m1/s1. The molecular weight excluding hydrogens is 332 g/mol. The molecular formula is C20H22N2O4. The Morgan fingerprint density at radius 1 is 1.15 bits per heavy atom. The van der Waals surface area contributed by atoms with E-state index in [9.17, 15) is 4.79 Å². The van der Waals surface area contributed by atoms with Crippen molar-refractivity contribution in [1.29, 1.82) is 5.26 Å². The summed E-state index contributed by atoms with van der Waals surface area (Å²) in [5.74, 6) is 2.83. The average Bonchev–Trinajstić information content (AvgIpc) is 3.08. The highest BCUT2D eigenvalue weighted by atomic mass is 16.5. The second-order valence-electron chi connectivity index (χ2n) is 7.88. The average molecular weight is 354 g/mol. The number of carbonyl (C=O) groups excluding carboxylic acids is 1. The van der Waals surface area contributed by atoms with Crippen molar-refractivity contribution >= 4 is 5.91 Å². The molecule has 1 aliphatic carbocycles. The Morgan fingerprint density at radius 2 is 1.92 bits per heavy atom. The van der Waals surface area contributed by atoms with E-state index in [1.54, 1.807) is 12.1 Å². The molecule has 0 bridgehead atoms. The molecule has 1 aromatic rings. The number of amides is 1. The first-order chi connectivity index (χ1) is 12.7. The molecule has 1 aromatic carbocycles. The molecule has 0 aromatic heterocycles. The van der Waals surface area contributed by atoms with Crippen molar-refractivity contribution in [2.75, 3.05) is 39.5 Å². The Bertz CT molecular complexity index is 733.